The molecule has 7 heteroatoms. The molecule has 154 valence electrons. The number of hydrogen-bond donors (Lipinski definition) is 1. The number of ketones is 1. The average Bonchev–Trinajstić information content (AvgIpc) is 3.37. The van der Waals surface area contributed by atoms with E-state index < -0.39 is 18.0 Å². The van der Waals surface area contributed by atoms with Gasteiger partial charge in [0.15, 0.2) is 6.10 Å². The highest BCUT2D eigenvalue weighted by Crippen LogP contribution is 2.29. The van der Waals surface area contributed by atoms with Gasteiger partial charge in [-0.25, -0.2) is 0 Å². The zero-order valence-electron chi connectivity index (χ0n) is 16.8. The Hall–Kier alpha value is -3.06. The highest BCUT2D eigenvalue weighted by molar-refractivity contribution is 7.98. The summed E-state index contributed by atoms with van der Waals surface area (Å²) < 4.78 is 5.46. The van der Waals surface area contributed by atoms with Gasteiger partial charge >= 0.3 is 5.97 Å². The van der Waals surface area contributed by atoms with Crippen LogP contribution in [0.3, 0.4) is 0 Å². The predicted molar refractivity (Wildman–Crippen MR) is 117 cm³/mol. The number of hydrogen-bond acceptors (Lipinski definition) is 5. The molecule has 0 spiro atoms. The van der Waals surface area contributed by atoms with E-state index in [0.717, 1.165) is 21.5 Å². The zero-order chi connectivity index (χ0) is 21.3. The van der Waals surface area contributed by atoms with Gasteiger partial charge in [0.2, 0.25) is 11.7 Å². The van der Waals surface area contributed by atoms with E-state index in [-0.39, 0.29) is 24.7 Å². The van der Waals surface area contributed by atoms with Crippen molar-refractivity contribution in [2.45, 2.75) is 24.3 Å². The first kappa shape index (κ1) is 20.2. The summed E-state index contributed by atoms with van der Waals surface area (Å²) >= 11 is 1.59. The lowest BCUT2D eigenvalue weighted by atomic mass is 10.1. The number of esters is 1. The molecule has 0 aliphatic carbocycles. The standard InChI is InChI=1S/C23H22N2O4S/c1-14(22(27)19-12-24-20-9-4-3-8-18(19)20)29-23(28)15-10-21(26)25(13-15)16-6-5-7-17(11-16)30-2/h3-9,11-12,14-15,24H,10,13H2,1-2H3. The molecule has 2 heterocycles. The predicted octanol–water partition coefficient (Wildman–Crippen LogP) is 4.06. The first-order valence-electron chi connectivity index (χ1n) is 9.73. The van der Waals surface area contributed by atoms with Gasteiger partial charge in [-0.05, 0) is 37.4 Å². The van der Waals surface area contributed by atoms with E-state index in [1.807, 2.05) is 54.8 Å². The number of rotatable bonds is 6. The molecule has 1 fully saturated rings. The lowest BCUT2D eigenvalue weighted by Crippen LogP contribution is -2.30. The van der Waals surface area contributed by atoms with Crippen LogP contribution in [0.5, 0.6) is 0 Å². The van der Waals surface area contributed by atoms with Crippen molar-refractivity contribution < 1.29 is 19.1 Å². The smallest absolute Gasteiger partial charge is 0.312 e. The molecule has 0 saturated carbocycles. The quantitative estimate of drug-likeness (QED) is 0.368. The first-order chi connectivity index (χ1) is 14.5. The Kier molecular flexibility index (Phi) is 5.63. The second-order valence-electron chi connectivity index (χ2n) is 7.30. The zero-order valence-corrected chi connectivity index (χ0v) is 17.6. The number of aromatic amines is 1. The van der Waals surface area contributed by atoms with E-state index in [1.165, 1.54) is 0 Å². The van der Waals surface area contributed by atoms with Gasteiger partial charge in [-0.3, -0.25) is 14.4 Å². The first-order valence-corrected chi connectivity index (χ1v) is 11.0. The number of benzene rings is 2. The number of carbonyl (C=O) groups is 3. The number of carbonyl (C=O) groups excluding carboxylic acids is 3. The fraction of sp³-hybridized carbons (Fsp3) is 0.261. The lowest BCUT2D eigenvalue weighted by Gasteiger charge is -2.18. The van der Waals surface area contributed by atoms with Crippen LogP contribution in [0.15, 0.2) is 59.6 Å². The number of nitrogens with one attached hydrogen (secondary N) is 1. The number of thioether (sulfide) groups is 1. The van der Waals surface area contributed by atoms with Gasteiger partial charge in [0.1, 0.15) is 0 Å². The van der Waals surface area contributed by atoms with Crippen molar-refractivity contribution in [2.75, 3.05) is 17.7 Å². The Balaban J connectivity index is 1.43. The highest BCUT2D eigenvalue weighted by atomic mass is 32.2. The minimum absolute atomic E-state index is 0.0797. The van der Waals surface area contributed by atoms with Crippen LogP contribution in [0, 0.1) is 5.92 Å². The molecule has 1 aliphatic rings. The summed E-state index contributed by atoms with van der Waals surface area (Å²) in [7, 11) is 0. The molecule has 1 aliphatic heterocycles. The SMILES string of the molecule is CSc1cccc(N2CC(C(=O)OC(C)C(=O)c3c[nH]c4ccccc34)CC2=O)c1. The van der Waals surface area contributed by atoms with Crippen molar-refractivity contribution in [1.82, 2.24) is 4.98 Å². The topological polar surface area (TPSA) is 79.5 Å². The fourth-order valence-corrected chi connectivity index (χ4v) is 4.16. The number of para-hydroxylation sites is 1. The van der Waals surface area contributed by atoms with Crippen LogP contribution in [0.1, 0.15) is 23.7 Å². The maximum absolute atomic E-state index is 12.8. The Bertz CT molecular complexity index is 1120. The van der Waals surface area contributed by atoms with E-state index in [0.29, 0.717) is 5.56 Å². The molecule has 1 amide bonds. The Labute approximate surface area is 178 Å². The third-order valence-electron chi connectivity index (χ3n) is 5.34. The summed E-state index contributed by atoms with van der Waals surface area (Å²) in [5.74, 6) is -1.50. The van der Waals surface area contributed by atoms with Crippen molar-refractivity contribution in [1.29, 1.82) is 0 Å². The summed E-state index contributed by atoms with van der Waals surface area (Å²) in [6, 6.07) is 15.1. The summed E-state index contributed by atoms with van der Waals surface area (Å²) in [5.41, 5.74) is 2.11. The fourth-order valence-electron chi connectivity index (χ4n) is 3.71. The number of Topliss-reactive ketones (excluding diaryl/α,β-unsaturated/α-hetero) is 1. The average molecular weight is 423 g/mol. The lowest BCUT2D eigenvalue weighted by molar-refractivity contribution is -0.151. The minimum atomic E-state index is -0.930. The Morgan fingerprint density at radius 3 is 2.80 bits per heavy atom. The van der Waals surface area contributed by atoms with Crippen LogP contribution in [0.4, 0.5) is 5.69 Å². The van der Waals surface area contributed by atoms with Gasteiger partial charge in [-0.15, -0.1) is 11.8 Å². The molecule has 2 aromatic carbocycles. The molecular weight excluding hydrogens is 400 g/mol. The number of ether oxygens (including phenoxy) is 1. The number of nitrogens with zero attached hydrogens (tertiary/aromatic N) is 1. The second kappa shape index (κ2) is 8.36. The molecular formula is C23H22N2O4S. The molecule has 0 bridgehead atoms. The summed E-state index contributed by atoms with van der Waals surface area (Å²) in [6.45, 7) is 1.82. The summed E-state index contributed by atoms with van der Waals surface area (Å²) in [6.07, 6.45) is 2.76. The van der Waals surface area contributed by atoms with E-state index >= 15 is 0 Å². The van der Waals surface area contributed by atoms with Crippen molar-refractivity contribution in [3.63, 3.8) is 0 Å². The monoisotopic (exact) mass is 422 g/mol. The molecule has 4 rings (SSSR count). The van der Waals surface area contributed by atoms with Gasteiger partial charge < -0.3 is 14.6 Å². The van der Waals surface area contributed by atoms with Crippen molar-refractivity contribution in [2.24, 2.45) is 5.92 Å². The van der Waals surface area contributed by atoms with Crippen LogP contribution in [0.2, 0.25) is 0 Å². The molecule has 1 aromatic heterocycles. The molecule has 6 nitrogen and oxygen atoms in total. The third kappa shape index (κ3) is 3.85. The van der Waals surface area contributed by atoms with Crippen LogP contribution in [-0.2, 0) is 14.3 Å². The van der Waals surface area contributed by atoms with Crippen LogP contribution < -0.4 is 4.90 Å². The van der Waals surface area contributed by atoms with Crippen molar-refractivity contribution in [3.8, 4) is 0 Å². The van der Waals surface area contributed by atoms with Crippen molar-refractivity contribution in [3.05, 3.63) is 60.3 Å². The van der Waals surface area contributed by atoms with Crippen molar-refractivity contribution >= 4 is 46.0 Å². The number of anilines is 1. The van der Waals surface area contributed by atoms with Crippen LogP contribution >= 0.6 is 11.8 Å². The molecule has 2 unspecified atom stereocenters. The largest absolute Gasteiger partial charge is 0.454 e. The molecule has 3 aromatic rings. The van der Waals surface area contributed by atoms with Gasteiger partial charge in [0.25, 0.3) is 0 Å². The normalized spacial score (nSPS) is 17.3. The Morgan fingerprint density at radius 1 is 1.20 bits per heavy atom. The molecule has 0 radical (unpaired) electrons. The van der Waals surface area contributed by atoms with E-state index in [2.05, 4.69) is 4.98 Å². The summed E-state index contributed by atoms with van der Waals surface area (Å²) in [4.78, 5) is 43.7. The van der Waals surface area contributed by atoms with E-state index in [9.17, 15) is 14.4 Å². The Morgan fingerprint density at radius 2 is 2.00 bits per heavy atom. The van der Waals surface area contributed by atoms with Crippen LogP contribution in [-0.4, -0.2) is 41.5 Å². The number of amides is 1. The molecule has 1 N–H and O–H groups in total. The molecule has 30 heavy (non-hydrogen) atoms. The summed E-state index contributed by atoms with van der Waals surface area (Å²) in [5, 5.41) is 0.793. The van der Waals surface area contributed by atoms with E-state index in [4.69, 9.17) is 4.74 Å². The van der Waals surface area contributed by atoms with Gasteiger partial charge in [0.05, 0.1) is 5.92 Å². The van der Waals surface area contributed by atoms with Gasteiger partial charge in [-0.1, -0.05) is 24.3 Å². The third-order valence-corrected chi connectivity index (χ3v) is 6.07. The van der Waals surface area contributed by atoms with Gasteiger partial charge in [-0.2, -0.15) is 0 Å². The highest BCUT2D eigenvalue weighted by Gasteiger charge is 2.37. The molecule has 2 atom stereocenters. The number of fused-ring (bicyclic) bond motifs is 1. The minimum Gasteiger partial charge on any atom is -0.454 e. The molecule has 1 saturated heterocycles. The maximum atomic E-state index is 12.8. The van der Waals surface area contributed by atoms with Crippen LogP contribution in [0.25, 0.3) is 10.9 Å². The number of aromatic nitrogens is 1. The second-order valence-corrected chi connectivity index (χ2v) is 8.18. The maximum Gasteiger partial charge on any atom is 0.312 e. The van der Waals surface area contributed by atoms with E-state index in [1.54, 1.807) is 29.8 Å². The number of H-pyrrole nitrogens is 1. The van der Waals surface area contributed by atoms with Gasteiger partial charge in [0, 0.05) is 46.2 Å².